The quantitative estimate of drug-likeness (QED) is 0.747. The second-order valence-electron chi connectivity index (χ2n) is 5.72. The minimum Gasteiger partial charge on any atom is -0.459 e. The molecule has 0 bridgehead atoms. The zero-order chi connectivity index (χ0) is 18.1. The molecule has 25 heavy (non-hydrogen) atoms. The number of hydrogen-bond acceptors (Lipinski definition) is 4. The fourth-order valence-corrected chi connectivity index (χ4v) is 2.27. The van der Waals surface area contributed by atoms with Crippen molar-refractivity contribution in [3.8, 4) is 0 Å². The molecule has 2 rings (SSSR count). The number of benzene rings is 2. The number of carbonyl (C=O) groups excluding carboxylic acids is 2. The molecule has 0 fully saturated rings. The molecule has 0 saturated heterocycles. The number of hydrogen-bond donors (Lipinski definition) is 1. The van der Waals surface area contributed by atoms with Crippen molar-refractivity contribution >= 4 is 17.6 Å². The van der Waals surface area contributed by atoms with Crippen molar-refractivity contribution in [2.45, 2.75) is 33.0 Å². The largest absolute Gasteiger partial charge is 0.459 e. The van der Waals surface area contributed by atoms with E-state index in [0.29, 0.717) is 12.1 Å². The molecule has 0 aromatic heterocycles. The smallest absolute Gasteiger partial charge is 0.335 e. The average molecular weight is 341 g/mol. The predicted octanol–water partition coefficient (Wildman–Crippen LogP) is 3.47. The summed E-state index contributed by atoms with van der Waals surface area (Å²) in [7, 11) is 0. The summed E-state index contributed by atoms with van der Waals surface area (Å²) in [5.74, 6) is -0.769. The first-order valence-corrected chi connectivity index (χ1v) is 8.27. The summed E-state index contributed by atoms with van der Waals surface area (Å²) in [5.41, 5.74) is 2.66. The lowest BCUT2D eigenvalue weighted by Crippen LogP contribution is -2.30. The third kappa shape index (κ3) is 6.39. The standard InChI is InChI=1S/C20H23NO4/c1-3-18(20(23)25-13-16-9-5-4-6-10-16)24-14-19(22)21-17-11-7-8-15(2)12-17/h4-12,18H,3,13-14H2,1-2H3,(H,21,22). The third-order valence-electron chi connectivity index (χ3n) is 3.58. The van der Waals surface area contributed by atoms with Crippen molar-refractivity contribution in [3.63, 3.8) is 0 Å². The topological polar surface area (TPSA) is 64.6 Å². The van der Waals surface area contributed by atoms with E-state index in [1.165, 1.54) is 0 Å². The maximum atomic E-state index is 12.1. The van der Waals surface area contributed by atoms with Crippen molar-refractivity contribution < 1.29 is 19.1 Å². The molecular weight excluding hydrogens is 318 g/mol. The molecule has 2 aromatic carbocycles. The fourth-order valence-electron chi connectivity index (χ4n) is 2.27. The number of carbonyl (C=O) groups is 2. The van der Waals surface area contributed by atoms with E-state index in [0.717, 1.165) is 11.1 Å². The molecule has 0 aliphatic rings. The summed E-state index contributed by atoms with van der Waals surface area (Å²) in [4.78, 5) is 24.0. The normalized spacial score (nSPS) is 11.6. The lowest BCUT2D eigenvalue weighted by molar-refractivity contribution is -0.159. The van der Waals surface area contributed by atoms with Gasteiger partial charge in [-0.15, -0.1) is 0 Å². The number of esters is 1. The van der Waals surface area contributed by atoms with Gasteiger partial charge in [-0.1, -0.05) is 49.4 Å². The third-order valence-corrected chi connectivity index (χ3v) is 3.58. The molecule has 1 amide bonds. The number of nitrogens with one attached hydrogen (secondary N) is 1. The Bertz CT molecular complexity index is 700. The van der Waals surface area contributed by atoms with Crippen LogP contribution in [0.2, 0.25) is 0 Å². The molecule has 1 unspecified atom stereocenters. The van der Waals surface area contributed by atoms with E-state index in [-0.39, 0.29) is 19.1 Å². The lowest BCUT2D eigenvalue weighted by atomic mass is 10.2. The monoisotopic (exact) mass is 341 g/mol. The Morgan fingerprint density at radius 3 is 2.52 bits per heavy atom. The Morgan fingerprint density at radius 1 is 1.08 bits per heavy atom. The number of anilines is 1. The molecule has 0 radical (unpaired) electrons. The van der Waals surface area contributed by atoms with Crippen LogP contribution in [0.25, 0.3) is 0 Å². The molecule has 5 nitrogen and oxygen atoms in total. The molecule has 1 N–H and O–H groups in total. The van der Waals surface area contributed by atoms with Crippen LogP contribution in [0.3, 0.4) is 0 Å². The Hall–Kier alpha value is -2.66. The summed E-state index contributed by atoms with van der Waals surface area (Å²) >= 11 is 0. The van der Waals surface area contributed by atoms with Crippen LogP contribution >= 0.6 is 0 Å². The first kappa shape index (κ1) is 18.7. The highest BCUT2D eigenvalue weighted by atomic mass is 16.6. The van der Waals surface area contributed by atoms with Gasteiger partial charge in [0, 0.05) is 5.69 Å². The van der Waals surface area contributed by atoms with Crippen molar-refractivity contribution in [1.29, 1.82) is 0 Å². The van der Waals surface area contributed by atoms with E-state index < -0.39 is 12.1 Å². The van der Waals surface area contributed by atoms with Crippen molar-refractivity contribution in [2.75, 3.05) is 11.9 Å². The first-order chi connectivity index (χ1) is 12.1. The van der Waals surface area contributed by atoms with Crippen LogP contribution < -0.4 is 5.32 Å². The van der Waals surface area contributed by atoms with Crippen LogP contribution in [-0.4, -0.2) is 24.6 Å². The number of amides is 1. The zero-order valence-corrected chi connectivity index (χ0v) is 14.5. The molecule has 0 spiro atoms. The minimum atomic E-state index is -0.757. The maximum Gasteiger partial charge on any atom is 0.335 e. The number of ether oxygens (including phenoxy) is 2. The second kappa shape index (κ2) is 9.59. The molecule has 1 atom stereocenters. The summed E-state index contributed by atoms with van der Waals surface area (Å²) in [6.45, 7) is 3.75. The molecule has 5 heteroatoms. The molecule has 0 aliphatic carbocycles. The van der Waals surface area contributed by atoms with E-state index >= 15 is 0 Å². The van der Waals surface area contributed by atoms with E-state index in [2.05, 4.69) is 5.32 Å². The Balaban J connectivity index is 1.78. The average Bonchev–Trinajstić information content (AvgIpc) is 2.61. The van der Waals surface area contributed by atoms with Gasteiger partial charge in [0.25, 0.3) is 0 Å². The molecule has 0 saturated carbocycles. The highest BCUT2D eigenvalue weighted by Gasteiger charge is 2.20. The summed E-state index contributed by atoms with van der Waals surface area (Å²) < 4.78 is 10.7. The van der Waals surface area contributed by atoms with Gasteiger partial charge in [0.2, 0.25) is 5.91 Å². The number of aryl methyl sites for hydroxylation is 1. The molecular formula is C20H23NO4. The Kier molecular flexibility index (Phi) is 7.16. The van der Waals surface area contributed by atoms with Crippen LogP contribution in [0.4, 0.5) is 5.69 Å². The predicted molar refractivity (Wildman–Crippen MR) is 96.1 cm³/mol. The van der Waals surface area contributed by atoms with Gasteiger partial charge in [-0.3, -0.25) is 4.79 Å². The van der Waals surface area contributed by atoms with E-state index in [1.54, 1.807) is 6.07 Å². The van der Waals surface area contributed by atoms with E-state index in [1.807, 2.05) is 62.4 Å². The highest BCUT2D eigenvalue weighted by Crippen LogP contribution is 2.10. The van der Waals surface area contributed by atoms with E-state index in [9.17, 15) is 9.59 Å². The van der Waals surface area contributed by atoms with Crippen molar-refractivity contribution in [3.05, 3.63) is 65.7 Å². The van der Waals surface area contributed by atoms with Crippen LogP contribution in [0, 0.1) is 6.92 Å². The molecule has 132 valence electrons. The van der Waals surface area contributed by atoms with Gasteiger partial charge < -0.3 is 14.8 Å². The Labute approximate surface area is 148 Å². The van der Waals surface area contributed by atoms with Gasteiger partial charge in [-0.05, 0) is 36.6 Å². The molecule has 0 heterocycles. The van der Waals surface area contributed by atoms with Crippen molar-refractivity contribution in [1.82, 2.24) is 0 Å². The van der Waals surface area contributed by atoms with Gasteiger partial charge in [0.1, 0.15) is 13.2 Å². The van der Waals surface area contributed by atoms with Gasteiger partial charge in [0.15, 0.2) is 6.10 Å². The maximum absolute atomic E-state index is 12.1. The summed E-state index contributed by atoms with van der Waals surface area (Å²) in [6.07, 6.45) is -0.322. The molecule has 0 aliphatic heterocycles. The van der Waals surface area contributed by atoms with Crippen LogP contribution in [0.15, 0.2) is 54.6 Å². The zero-order valence-electron chi connectivity index (χ0n) is 14.5. The minimum absolute atomic E-state index is 0.190. The van der Waals surface area contributed by atoms with Gasteiger partial charge in [-0.25, -0.2) is 4.79 Å². The summed E-state index contributed by atoms with van der Waals surface area (Å²) in [6, 6.07) is 16.9. The second-order valence-corrected chi connectivity index (χ2v) is 5.72. The summed E-state index contributed by atoms with van der Waals surface area (Å²) in [5, 5.41) is 2.74. The van der Waals surface area contributed by atoms with Crippen LogP contribution in [0.5, 0.6) is 0 Å². The van der Waals surface area contributed by atoms with Crippen molar-refractivity contribution in [2.24, 2.45) is 0 Å². The van der Waals surface area contributed by atoms with Gasteiger partial charge in [0.05, 0.1) is 0 Å². The highest BCUT2D eigenvalue weighted by molar-refractivity contribution is 5.92. The van der Waals surface area contributed by atoms with Crippen LogP contribution in [-0.2, 0) is 25.7 Å². The van der Waals surface area contributed by atoms with Gasteiger partial charge >= 0.3 is 5.97 Å². The first-order valence-electron chi connectivity index (χ1n) is 8.27. The van der Waals surface area contributed by atoms with Crippen LogP contribution in [0.1, 0.15) is 24.5 Å². The number of rotatable bonds is 8. The SMILES string of the molecule is CCC(OCC(=O)Nc1cccc(C)c1)C(=O)OCc1ccccc1. The Morgan fingerprint density at radius 2 is 1.84 bits per heavy atom. The lowest BCUT2D eigenvalue weighted by Gasteiger charge is -2.15. The van der Waals surface area contributed by atoms with Gasteiger partial charge in [-0.2, -0.15) is 0 Å². The van der Waals surface area contributed by atoms with E-state index in [4.69, 9.17) is 9.47 Å². The fraction of sp³-hybridized carbons (Fsp3) is 0.300. The molecule has 2 aromatic rings.